The number of nitrogens with one attached hydrogen (secondary N) is 1. The van der Waals surface area contributed by atoms with Gasteiger partial charge in [-0.15, -0.1) is 0 Å². The van der Waals surface area contributed by atoms with Crippen LogP contribution in [0.3, 0.4) is 0 Å². The van der Waals surface area contributed by atoms with E-state index in [4.69, 9.17) is 16.3 Å². The summed E-state index contributed by atoms with van der Waals surface area (Å²) in [6.45, 7) is 8.17. The fourth-order valence-corrected chi connectivity index (χ4v) is 3.78. The zero-order valence-corrected chi connectivity index (χ0v) is 16.7. The van der Waals surface area contributed by atoms with Crippen molar-refractivity contribution in [1.29, 1.82) is 0 Å². The van der Waals surface area contributed by atoms with Gasteiger partial charge in [0.15, 0.2) is 0 Å². The molecule has 151 valence electrons. The number of ether oxygens (including phenoxy) is 1. The third-order valence-corrected chi connectivity index (χ3v) is 5.49. The first-order valence-electron chi connectivity index (χ1n) is 9.39. The molecule has 1 radical (unpaired) electrons. The molecule has 29 heavy (non-hydrogen) atoms. The number of halogens is 1. The SMILES string of the molecule is [CH2][C@H](C(=O)N1CCN(c2ncnc3c2C(C)OC(=O)N3)CC1)c1ccc(Cl)cc1. The number of carbonyl (C=O) groups excluding carboxylic acids is 2. The van der Waals surface area contributed by atoms with E-state index in [1.54, 1.807) is 19.1 Å². The topological polar surface area (TPSA) is 87.7 Å². The van der Waals surface area contributed by atoms with Crippen LogP contribution >= 0.6 is 11.6 Å². The van der Waals surface area contributed by atoms with Gasteiger partial charge in [-0.05, 0) is 31.5 Å². The molecule has 0 bridgehead atoms. The number of carbonyl (C=O) groups is 2. The fraction of sp³-hybridized carbons (Fsp3) is 0.350. The summed E-state index contributed by atoms with van der Waals surface area (Å²) in [4.78, 5) is 36.9. The zero-order chi connectivity index (χ0) is 20.5. The van der Waals surface area contributed by atoms with E-state index in [0.717, 1.165) is 16.9 Å². The largest absolute Gasteiger partial charge is 0.441 e. The molecule has 1 N–H and O–H groups in total. The van der Waals surface area contributed by atoms with Crippen LogP contribution in [0.2, 0.25) is 5.02 Å². The minimum absolute atomic E-state index is 0.0133. The fourth-order valence-electron chi connectivity index (χ4n) is 3.65. The summed E-state index contributed by atoms with van der Waals surface area (Å²) in [7, 11) is 0. The second kappa shape index (κ2) is 7.87. The number of nitrogens with zero attached hydrogens (tertiary/aromatic N) is 4. The average molecular weight is 415 g/mol. The molecule has 1 saturated heterocycles. The maximum absolute atomic E-state index is 12.9. The molecule has 4 rings (SSSR count). The van der Waals surface area contributed by atoms with Gasteiger partial charge in [0.1, 0.15) is 24.1 Å². The molecule has 2 aliphatic rings. The molecule has 0 aliphatic carbocycles. The van der Waals surface area contributed by atoms with Crippen LogP contribution in [0.1, 0.15) is 30.1 Å². The van der Waals surface area contributed by atoms with E-state index in [2.05, 4.69) is 27.1 Å². The Hall–Kier alpha value is -2.87. The number of amides is 2. The summed E-state index contributed by atoms with van der Waals surface area (Å²) < 4.78 is 5.25. The smallest absolute Gasteiger partial charge is 0.413 e. The highest BCUT2D eigenvalue weighted by molar-refractivity contribution is 6.30. The molecule has 1 fully saturated rings. The summed E-state index contributed by atoms with van der Waals surface area (Å²) in [5.74, 6) is 0.700. The molecule has 3 heterocycles. The predicted octanol–water partition coefficient (Wildman–Crippen LogP) is 3.02. The zero-order valence-electron chi connectivity index (χ0n) is 16.0. The van der Waals surface area contributed by atoms with Crippen molar-refractivity contribution in [3.8, 4) is 0 Å². The number of fused-ring (bicyclic) bond motifs is 1. The van der Waals surface area contributed by atoms with E-state index in [1.807, 2.05) is 17.0 Å². The molecular formula is C20H21ClN5O3. The lowest BCUT2D eigenvalue weighted by molar-refractivity contribution is -0.132. The van der Waals surface area contributed by atoms with Crippen molar-refractivity contribution in [2.75, 3.05) is 36.4 Å². The van der Waals surface area contributed by atoms with E-state index in [9.17, 15) is 9.59 Å². The van der Waals surface area contributed by atoms with Gasteiger partial charge in [-0.1, -0.05) is 23.7 Å². The monoisotopic (exact) mass is 414 g/mol. The van der Waals surface area contributed by atoms with Gasteiger partial charge in [0.05, 0.1) is 11.5 Å². The number of piperazine rings is 1. The molecule has 1 unspecified atom stereocenters. The van der Waals surface area contributed by atoms with Gasteiger partial charge in [-0.3, -0.25) is 10.1 Å². The lowest BCUT2D eigenvalue weighted by atomic mass is 9.99. The van der Waals surface area contributed by atoms with Crippen molar-refractivity contribution in [2.24, 2.45) is 0 Å². The van der Waals surface area contributed by atoms with Crippen LogP contribution in [0.15, 0.2) is 30.6 Å². The summed E-state index contributed by atoms with van der Waals surface area (Å²) in [6.07, 6.45) is 0.466. The Balaban J connectivity index is 1.45. The number of rotatable bonds is 3. The normalized spacial score (nSPS) is 19.8. The predicted molar refractivity (Wildman–Crippen MR) is 109 cm³/mol. The Morgan fingerprint density at radius 1 is 1.24 bits per heavy atom. The molecule has 2 amide bonds. The van der Waals surface area contributed by atoms with E-state index in [-0.39, 0.29) is 5.91 Å². The third kappa shape index (κ3) is 3.85. The highest BCUT2D eigenvalue weighted by Crippen LogP contribution is 2.35. The lowest BCUT2D eigenvalue weighted by Gasteiger charge is -2.38. The lowest BCUT2D eigenvalue weighted by Crippen LogP contribution is -2.50. The van der Waals surface area contributed by atoms with Crippen molar-refractivity contribution >= 4 is 35.2 Å². The van der Waals surface area contributed by atoms with Gasteiger partial charge in [-0.2, -0.15) is 0 Å². The summed E-state index contributed by atoms with van der Waals surface area (Å²) in [5.41, 5.74) is 1.59. The summed E-state index contributed by atoms with van der Waals surface area (Å²) >= 11 is 5.92. The first kappa shape index (κ1) is 19.4. The van der Waals surface area contributed by atoms with Gasteiger partial charge in [0, 0.05) is 31.2 Å². The minimum atomic E-state index is -0.520. The molecule has 9 heteroatoms. The van der Waals surface area contributed by atoms with E-state index in [0.29, 0.717) is 37.0 Å². The summed E-state index contributed by atoms with van der Waals surface area (Å²) in [6, 6.07) is 7.19. The van der Waals surface area contributed by atoms with E-state index >= 15 is 0 Å². The number of aromatic nitrogens is 2. The summed E-state index contributed by atoms with van der Waals surface area (Å²) in [5, 5.41) is 3.24. The molecule has 0 saturated carbocycles. The third-order valence-electron chi connectivity index (χ3n) is 5.24. The van der Waals surface area contributed by atoms with Gasteiger partial charge < -0.3 is 14.5 Å². The van der Waals surface area contributed by atoms with E-state index in [1.165, 1.54) is 6.33 Å². The van der Waals surface area contributed by atoms with Crippen molar-refractivity contribution in [1.82, 2.24) is 14.9 Å². The second-order valence-electron chi connectivity index (χ2n) is 7.05. The Kier molecular flexibility index (Phi) is 5.27. The van der Waals surface area contributed by atoms with Crippen LogP contribution in [0.4, 0.5) is 16.4 Å². The highest BCUT2D eigenvalue weighted by atomic mass is 35.5. The maximum Gasteiger partial charge on any atom is 0.413 e. The maximum atomic E-state index is 12.9. The van der Waals surface area contributed by atoms with Gasteiger partial charge in [0.25, 0.3) is 0 Å². The van der Waals surface area contributed by atoms with Crippen LogP contribution in [-0.4, -0.2) is 53.0 Å². The van der Waals surface area contributed by atoms with Crippen LogP contribution in [0.5, 0.6) is 0 Å². The van der Waals surface area contributed by atoms with Crippen molar-refractivity contribution in [3.63, 3.8) is 0 Å². The van der Waals surface area contributed by atoms with Gasteiger partial charge in [-0.25, -0.2) is 14.8 Å². The first-order valence-corrected chi connectivity index (χ1v) is 9.76. The Morgan fingerprint density at radius 3 is 2.62 bits per heavy atom. The average Bonchev–Trinajstić information content (AvgIpc) is 2.72. The van der Waals surface area contributed by atoms with Crippen LogP contribution in [0, 0.1) is 6.92 Å². The molecule has 2 aromatic rings. The Morgan fingerprint density at radius 2 is 1.93 bits per heavy atom. The number of hydrogen-bond donors (Lipinski definition) is 1. The van der Waals surface area contributed by atoms with Crippen LogP contribution < -0.4 is 10.2 Å². The molecule has 2 atom stereocenters. The molecular weight excluding hydrogens is 394 g/mol. The molecule has 8 nitrogen and oxygen atoms in total. The second-order valence-corrected chi connectivity index (χ2v) is 7.49. The number of hydrogen-bond acceptors (Lipinski definition) is 6. The molecule has 1 aromatic carbocycles. The minimum Gasteiger partial charge on any atom is -0.441 e. The molecule has 2 aliphatic heterocycles. The highest BCUT2D eigenvalue weighted by Gasteiger charge is 2.32. The quantitative estimate of drug-likeness (QED) is 0.830. The van der Waals surface area contributed by atoms with Crippen molar-refractivity contribution in [2.45, 2.75) is 18.9 Å². The molecule has 0 spiro atoms. The number of anilines is 2. The standard InChI is InChI=1S/C20H21ClN5O3/c1-12(14-3-5-15(21)6-4-14)19(27)26-9-7-25(8-10-26)18-16-13(2)29-20(28)24-17(16)22-11-23-18/h3-6,11-13H,1,7-10H2,2H3,(H,22,23,24,28)/t12-,13?/m0/s1. The number of cyclic esters (lactones) is 1. The first-order chi connectivity index (χ1) is 13.9. The number of benzene rings is 1. The van der Waals surface area contributed by atoms with E-state index < -0.39 is 18.1 Å². The van der Waals surface area contributed by atoms with Crippen molar-refractivity contribution in [3.05, 3.63) is 53.7 Å². The van der Waals surface area contributed by atoms with Crippen LogP contribution in [0.25, 0.3) is 0 Å². The Labute approximate surface area is 173 Å². The van der Waals surface area contributed by atoms with Crippen LogP contribution in [-0.2, 0) is 9.53 Å². The molecule has 1 aromatic heterocycles. The van der Waals surface area contributed by atoms with Crippen molar-refractivity contribution < 1.29 is 14.3 Å². The Bertz CT molecular complexity index is 928. The van der Waals surface area contributed by atoms with Gasteiger partial charge >= 0.3 is 6.09 Å². The van der Waals surface area contributed by atoms with Gasteiger partial charge in [0.2, 0.25) is 5.91 Å².